The van der Waals surface area contributed by atoms with Gasteiger partial charge in [0.1, 0.15) is 11.5 Å². The van der Waals surface area contributed by atoms with Crippen LogP contribution in [-0.4, -0.2) is 50.8 Å². The van der Waals surface area contributed by atoms with Gasteiger partial charge in [-0.15, -0.1) is 23.1 Å². The third kappa shape index (κ3) is 6.84. The van der Waals surface area contributed by atoms with Gasteiger partial charge in [-0.05, 0) is 73.0 Å². The van der Waals surface area contributed by atoms with Gasteiger partial charge in [-0.2, -0.15) is 18.3 Å². The number of alkyl halides is 3. The van der Waals surface area contributed by atoms with Crippen molar-refractivity contribution < 1.29 is 22.8 Å². The summed E-state index contributed by atoms with van der Waals surface area (Å²) in [6.45, 7) is 2.91. The second-order valence-corrected chi connectivity index (χ2v) is 13.1. The molecule has 0 bridgehead atoms. The molecule has 0 unspecified atom stereocenters. The summed E-state index contributed by atoms with van der Waals surface area (Å²) in [4.78, 5) is 34.6. The third-order valence-corrected chi connectivity index (χ3v) is 10.2. The van der Waals surface area contributed by atoms with Gasteiger partial charge >= 0.3 is 6.18 Å². The summed E-state index contributed by atoms with van der Waals surface area (Å²) < 4.78 is 40.9. The predicted octanol–water partition coefficient (Wildman–Crippen LogP) is 8.53. The van der Waals surface area contributed by atoms with Crippen LogP contribution in [-0.2, 0) is 13.2 Å². The van der Waals surface area contributed by atoms with Gasteiger partial charge in [0.25, 0.3) is 11.8 Å². The molecule has 0 saturated carbocycles. The fraction of sp³-hybridized carbons (Fsp3) is 0.257. The Balaban J connectivity index is 1.11. The molecule has 1 saturated heterocycles. The molecule has 5 aromatic rings. The first-order valence-electron chi connectivity index (χ1n) is 15.0. The lowest BCUT2D eigenvalue weighted by molar-refractivity contribution is -0.137. The number of aryl methyl sites for hydroxylation is 2. The molecule has 1 N–H and O–H groups in total. The molecule has 3 aromatic carbocycles. The maximum absolute atomic E-state index is 13.6. The van der Waals surface area contributed by atoms with E-state index >= 15 is 0 Å². The zero-order chi connectivity index (χ0) is 33.3. The van der Waals surface area contributed by atoms with Gasteiger partial charge in [-0.1, -0.05) is 42.5 Å². The molecule has 0 atom stereocenters. The molecule has 1 aliphatic heterocycles. The number of aromatic nitrogens is 3. The van der Waals surface area contributed by atoms with Crippen LogP contribution in [0.25, 0.3) is 22.3 Å². The highest BCUT2D eigenvalue weighted by Gasteiger charge is 2.31. The number of thioether (sulfide) groups is 1. The van der Waals surface area contributed by atoms with E-state index in [-0.39, 0.29) is 17.7 Å². The van der Waals surface area contributed by atoms with Crippen LogP contribution in [0.15, 0.2) is 83.1 Å². The number of halogens is 3. The Labute approximate surface area is 278 Å². The molecule has 242 valence electrons. The van der Waals surface area contributed by atoms with Crippen LogP contribution in [0.1, 0.15) is 55.9 Å². The van der Waals surface area contributed by atoms with Crippen molar-refractivity contribution in [2.75, 3.05) is 24.7 Å². The molecule has 3 heterocycles. The van der Waals surface area contributed by atoms with Gasteiger partial charge in [-0.3, -0.25) is 14.3 Å². The Kier molecular flexibility index (Phi) is 9.25. The van der Waals surface area contributed by atoms with Gasteiger partial charge in [0.15, 0.2) is 0 Å². The fourth-order valence-corrected chi connectivity index (χ4v) is 7.30. The number of rotatable bonds is 7. The van der Waals surface area contributed by atoms with Gasteiger partial charge < -0.3 is 10.2 Å². The number of carbonyl (C=O) groups is 2. The first kappa shape index (κ1) is 32.5. The van der Waals surface area contributed by atoms with E-state index < -0.39 is 11.7 Å². The quantitative estimate of drug-likeness (QED) is 0.175. The molecular formula is C35H32F3N5O2S2. The van der Waals surface area contributed by atoms with Crippen molar-refractivity contribution in [1.82, 2.24) is 19.7 Å². The van der Waals surface area contributed by atoms with E-state index in [2.05, 4.69) is 15.4 Å². The van der Waals surface area contributed by atoms with Gasteiger partial charge in [0, 0.05) is 47.5 Å². The van der Waals surface area contributed by atoms with E-state index in [1.54, 1.807) is 58.0 Å². The lowest BCUT2D eigenvalue weighted by atomic mass is 9.94. The lowest BCUT2D eigenvalue weighted by Crippen LogP contribution is -2.38. The number of anilines is 1. The molecule has 6 rings (SSSR count). The molecule has 0 radical (unpaired) electrons. The maximum atomic E-state index is 13.6. The maximum Gasteiger partial charge on any atom is 0.416 e. The molecule has 7 nitrogen and oxygen atoms in total. The average molecular weight is 676 g/mol. The monoisotopic (exact) mass is 675 g/mol. The highest BCUT2D eigenvalue weighted by molar-refractivity contribution is 7.98. The molecule has 1 fully saturated rings. The summed E-state index contributed by atoms with van der Waals surface area (Å²) >= 11 is 3.10. The number of amides is 2. The van der Waals surface area contributed by atoms with Crippen LogP contribution in [0.4, 0.5) is 19.0 Å². The minimum atomic E-state index is -4.43. The van der Waals surface area contributed by atoms with Crippen molar-refractivity contribution in [2.24, 2.45) is 7.05 Å². The number of benzene rings is 3. The molecule has 0 spiro atoms. The Morgan fingerprint density at radius 1 is 0.957 bits per heavy atom. The predicted molar refractivity (Wildman–Crippen MR) is 180 cm³/mol. The Morgan fingerprint density at radius 2 is 1.62 bits per heavy atom. The average Bonchev–Trinajstić information content (AvgIpc) is 3.68. The van der Waals surface area contributed by atoms with Crippen LogP contribution >= 0.6 is 23.1 Å². The largest absolute Gasteiger partial charge is 0.416 e. The summed E-state index contributed by atoms with van der Waals surface area (Å²) in [5.41, 5.74) is 3.82. The summed E-state index contributed by atoms with van der Waals surface area (Å²) in [7, 11) is 1.80. The van der Waals surface area contributed by atoms with Crippen molar-refractivity contribution in [2.45, 2.75) is 36.8 Å². The van der Waals surface area contributed by atoms with Gasteiger partial charge in [-0.25, -0.2) is 4.98 Å². The lowest BCUT2D eigenvalue weighted by Gasteiger charge is -2.31. The van der Waals surface area contributed by atoms with Gasteiger partial charge in [0.2, 0.25) is 0 Å². The number of likely N-dealkylation sites (tertiary alicyclic amines) is 1. The van der Waals surface area contributed by atoms with Gasteiger partial charge in [0.05, 0.1) is 16.3 Å². The molecule has 2 aromatic heterocycles. The van der Waals surface area contributed by atoms with E-state index in [1.807, 2.05) is 37.4 Å². The number of hydrogen-bond acceptors (Lipinski definition) is 6. The SMILES string of the molecule is CSc1ccc(-c2c(C)nn(C)c2NC(=O)c2csc(C3CCN(C(=O)c4ccccc4-c4ccc(C(F)(F)F)cc4)CC3)n2)cc1. The summed E-state index contributed by atoms with van der Waals surface area (Å²) in [6, 6.07) is 20.0. The molecule has 0 aliphatic carbocycles. The molecule has 47 heavy (non-hydrogen) atoms. The second kappa shape index (κ2) is 13.4. The normalized spacial score (nSPS) is 14.0. The Morgan fingerprint density at radius 3 is 2.28 bits per heavy atom. The minimum absolute atomic E-state index is 0.0974. The van der Waals surface area contributed by atoms with Crippen LogP contribution in [0, 0.1) is 6.92 Å². The van der Waals surface area contributed by atoms with Crippen LogP contribution in [0.5, 0.6) is 0 Å². The van der Waals surface area contributed by atoms with Crippen molar-refractivity contribution in [3.8, 4) is 22.3 Å². The molecule has 12 heteroatoms. The van der Waals surface area contributed by atoms with Crippen molar-refractivity contribution in [3.05, 3.63) is 106 Å². The van der Waals surface area contributed by atoms with Crippen LogP contribution in [0.3, 0.4) is 0 Å². The Hall–Kier alpha value is -4.42. The zero-order valence-corrected chi connectivity index (χ0v) is 27.6. The van der Waals surface area contributed by atoms with E-state index in [0.29, 0.717) is 54.1 Å². The Bertz CT molecular complexity index is 1910. The first-order valence-corrected chi connectivity index (χ1v) is 17.1. The number of thiazole rings is 1. The fourth-order valence-electron chi connectivity index (χ4n) is 5.92. The number of hydrogen-bond donors (Lipinski definition) is 1. The molecule has 1 aliphatic rings. The van der Waals surface area contributed by atoms with Crippen LogP contribution in [0.2, 0.25) is 0 Å². The number of carbonyl (C=O) groups excluding carboxylic acids is 2. The number of piperidine rings is 1. The summed E-state index contributed by atoms with van der Waals surface area (Å²) in [5, 5.41) is 10.2. The smallest absolute Gasteiger partial charge is 0.339 e. The topological polar surface area (TPSA) is 80.1 Å². The first-order chi connectivity index (χ1) is 22.5. The van der Waals surface area contributed by atoms with E-state index in [1.165, 1.54) is 23.5 Å². The summed E-state index contributed by atoms with van der Waals surface area (Å²) in [6.07, 6.45) is -1.04. The molecular weight excluding hydrogens is 644 g/mol. The highest BCUT2D eigenvalue weighted by Crippen LogP contribution is 2.36. The second-order valence-electron chi connectivity index (χ2n) is 11.4. The highest BCUT2D eigenvalue weighted by atomic mass is 32.2. The molecule has 2 amide bonds. The van der Waals surface area contributed by atoms with Crippen molar-refractivity contribution >= 4 is 40.7 Å². The minimum Gasteiger partial charge on any atom is -0.339 e. The number of nitrogens with zero attached hydrogens (tertiary/aromatic N) is 4. The standard InChI is InChI=1S/C35H32F3N5O2S2/c1-21-30(23-10-14-26(46-3)15-11-23)31(42(2)41-21)40-32(44)29-20-47-33(39-29)24-16-18-43(19-17-24)34(45)28-7-5-4-6-27(28)22-8-12-25(13-9-22)35(36,37)38/h4-15,20,24H,16-19H2,1-3H3,(H,40,44). The third-order valence-electron chi connectivity index (χ3n) is 8.40. The summed E-state index contributed by atoms with van der Waals surface area (Å²) in [5.74, 6) is 0.219. The van der Waals surface area contributed by atoms with Crippen molar-refractivity contribution in [1.29, 1.82) is 0 Å². The van der Waals surface area contributed by atoms with Crippen LogP contribution < -0.4 is 5.32 Å². The van der Waals surface area contributed by atoms with E-state index in [4.69, 9.17) is 0 Å². The number of nitrogens with one attached hydrogen (secondary N) is 1. The van der Waals surface area contributed by atoms with Crippen molar-refractivity contribution in [3.63, 3.8) is 0 Å². The van der Waals surface area contributed by atoms with E-state index in [9.17, 15) is 22.8 Å². The van der Waals surface area contributed by atoms with E-state index in [0.717, 1.165) is 38.9 Å². The zero-order valence-electron chi connectivity index (χ0n) is 26.0.